The Labute approximate surface area is 130 Å². The lowest BCUT2D eigenvalue weighted by Gasteiger charge is -2.09. The number of aromatic hydroxyl groups is 1. The predicted molar refractivity (Wildman–Crippen MR) is 80.5 cm³/mol. The van der Waals surface area contributed by atoms with Crippen LogP contribution < -0.4 is 5.32 Å². The number of ether oxygens (including phenoxy) is 1. The molecule has 0 bridgehead atoms. The van der Waals surface area contributed by atoms with E-state index in [4.69, 9.17) is 0 Å². The molecule has 2 aromatic rings. The van der Waals surface area contributed by atoms with Gasteiger partial charge in [0.15, 0.2) is 5.75 Å². The minimum atomic E-state index is -0.760. The molecule has 0 unspecified atom stereocenters. The van der Waals surface area contributed by atoms with Gasteiger partial charge in [0.1, 0.15) is 0 Å². The Kier molecular flexibility index (Phi) is 4.55. The number of para-hydroxylation sites is 1. The molecule has 0 saturated carbocycles. The second-order valence-corrected chi connectivity index (χ2v) is 4.45. The second kappa shape index (κ2) is 6.56. The molecule has 0 aromatic heterocycles. The number of phenolic OH excluding ortho intramolecular Hbond substituents is 1. The Morgan fingerprint density at radius 2 is 1.91 bits per heavy atom. The molecular formula is C15H12N2O6. The van der Waals surface area contributed by atoms with Crippen molar-refractivity contribution in [3.63, 3.8) is 0 Å². The van der Waals surface area contributed by atoms with E-state index in [-0.39, 0.29) is 16.8 Å². The summed E-state index contributed by atoms with van der Waals surface area (Å²) in [7, 11) is 1.22. The van der Waals surface area contributed by atoms with Gasteiger partial charge in [-0.2, -0.15) is 0 Å². The molecule has 0 fully saturated rings. The van der Waals surface area contributed by atoms with E-state index < -0.39 is 28.2 Å². The number of hydrogen-bond donors (Lipinski definition) is 2. The monoisotopic (exact) mass is 316 g/mol. The average molecular weight is 316 g/mol. The molecule has 2 aromatic carbocycles. The van der Waals surface area contributed by atoms with Crippen molar-refractivity contribution >= 4 is 23.3 Å². The van der Waals surface area contributed by atoms with Crippen LogP contribution >= 0.6 is 0 Å². The van der Waals surface area contributed by atoms with E-state index in [0.29, 0.717) is 0 Å². The number of nitrogens with zero attached hydrogens (tertiary/aromatic N) is 1. The van der Waals surface area contributed by atoms with Gasteiger partial charge in [0.05, 0.1) is 23.3 Å². The molecule has 0 radical (unpaired) electrons. The van der Waals surface area contributed by atoms with Crippen molar-refractivity contribution in [3.8, 4) is 5.75 Å². The molecule has 2 N–H and O–H groups in total. The largest absolute Gasteiger partial charge is 0.502 e. The third-order valence-corrected chi connectivity index (χ3v) is 3.01. The van der Waals surface area contributed by atoms with E-state index in [9.17, 15) is 24.8 Å². The molecule has 0 heterocycles. The number of esters is 1. The molecule has 1 amide bonds. The summed E-state index contributed by atoms with van der Waals surface area (Å²) in [6, 6.07) is 9.43. The quantitative estimate of drug-likeness (QED) is 0.507. The lowest BCUT2D eigenvalue weighted by atomic mass is 10.1. The highest BCUT2D eigenvalue weighted by Crippen LogP contribution is 2.27. The van der Waals surface area contributed by atoms with Crippen LogP contribution in [0.1, 0.15) is 20.7 Å². The van der Waals surface area contributed by atoms with Crippen molar-refractivity contribution in [2.45, 2.75) is 0 Å². The standard InChI is InChI=1S/C15H12N2O6/c1-23-15(20)10-4-2-3-5-11(10)16-14(19)9-6-7-12(17(21)22)13(18)8-9/h2-8,18H,1H3,(H,16,19). The second-order valence-electron chi connectivity index (χ2n) is 4.45. The highest BCUT2D eigenvalue weighted by atomic mass is 16.6. The maximum absolute atomic E-state index is 12.2. The minimum Gasteiger partial charge on any atom is -0.502 e. The molecule has 0 aliphatic carbocycles. The average Bonchev–Trinajstić information content (AvgIpc) is 2.54. The molecule has 0 saturated heterocycles. The number of rotatable bonds is 4. The lowest BCUT2D eigenvalue weighted by molar-refractivity contribution is -0.385. The number of nitrogens with one attached hydrogen (secondary N) is 1. The summed E-state index contributed by atoms with van der Waals surface area (Å²) >= 11 is 0. The van der Waals surface area contributed by atoms with Crippen LogP contribution in [0, 0.1) is 10.1 Å². The smallest absolute Gasteiger partial charge is 0.339 e. The van der Waals surface area contributed by atoms with E-state index in [2.05, 4.69) is 10.1 Å². The Morgan fingerprint density at radius 3 is 2.52 bits per heavy atom. The Balaban J connectivity index is 2.28. The van der Waals surface area contributed by atoms with Gasteiger partial charge in [0.25, 0.3) is 5.91 Å². The van der Waals surface area contributed by atoms with E-state index in [1.54, 1.807) is 12.1 Å². The Morgan fingerprint density at radius 1 is 1.22 bits per heavy atom. The number of benzene rings is 2. The number of anilines is 1. The highest BCUT2D eigenvalue weighted by molar-refractivity contribution is 6.08. The van der Waals surface area contributed by atoms with Gasteiger partial charge in [-0.1, -0.05) is 12.1 Å². The molecule has 118 valence electrons. The SMILES string of the molecule is COC(=O)c1ccccc1NC(=O)c1ccc([N+](=O)[O-])c(O)c1. The number of methoxy groups -OCH3 is 1. The number of nitro benzene ring substituents is 1. The zero-order valence-corrected chi connectivity index (χ0v) is 12.0. The molecule has 0 atom stereocenters. The summed E-state index contributed by atoms with van der Waals surface area (Å²) in [6.07, 6.45) is 0. The van der Waals surface area contributed by atoms with Gasteiger partial charge in [-0.25, -0.2) is 4.79 Å². The first-order chi connectivity index (χ1) is 10.9. The summed E-state index contributed by atoms with van der Waals surface area (Å²) in [5.41, 5.74) is -0.110. The van der Waals surface area contributed by atoms with Crippen LogP contribution in [0.2, 0.25) is 0 Å². The molecule has 0 aliphatic rings. The molecule has 2 rings (SSSR count). The third-order valence-electron chi connectivity index (χ3n) is 3.01. The van der Waals surface area contributed by atoms with Gasteiger partial charge in [0, 0.05) is 11.6 Å². The molecule has 8 heteroatoms. The zero-order valence-electron chi connectivity index (χ0n) is 12.0. The zero-order chi connectivity index (χ0) is 17.0. The maximum Gasteiger partial charge on any atom is 0.339 e. The van der Waals surface area contributed by atoms with E-state index >= 15 is 0 Å². The summed E-state index contributed by atoms with van der Waals surface area (Å²) in [6.45, 7) is 0. The number of hydrogen-bond acceptors (Lipinski definition) is 6. The fourth-order valence-corrected chi connectivity index (χ4v) is 1.89. The van der Waals surface area contributed by atoms with E-state index in [1.165, 1.54) is 25.3 Å². The third kappa shape index (κ3) is 3.43. The van der Waals surface area contributed by atoms with Gasteiger partial charge in [0.2, 0.25) is 0 Å². The molecule has 0 spiro atoms. The number of phenols is 1. The van der Waals surface area contributed by atoms with Crippen molar-refractivity contribution in [1.82, 2.24) is 0 Å². The van der Waals surface area contributed by atoms with Gasteiger partial charge >= 0.3 is 11.7 Å². The van der Waals surface area contributed by atoms with Crippen molar-refractivity contribution < 1.29 is 24.4 Å². The van der Waals surface area contributed by atoms with E-state index in [0.717, 1.165) is 12.1 Å². The van der Waals surface area contributed by atoms with Crippen molar-refractivity contribution in [1.29, 1.82) is 0 Å². The summed E-state index contributed by atoms with van der Waals surface area (Å²) < 4.78 is 4.62. The first-order valence-electron chi connectivity index (χ1n) is 6.40. The van der Waals surface area contributed by atoms with Crippen LogP contribution in [0.3, 0.4) is 0 Å². The summed E-state index contributed by atoms with van der Waals surface area (Å²) in [4.78, 5) is 33.7. The maximum atomic E-state index is 12.2. The topological polar surface area (TPSA) is 119 Å². The van der Waals surface area contributed by atoms with Crippen LogP contribution in [0.5, 0.6) is 5.75 Å². The summed E-state index contributed by atoms with van der Waals surface area (Å²) in [5.74, 6) is -1.87. The number of carbonyl (C=O) groups excluding carboxylic acids is 2. The molecule has 8 nitrogen and oxygen atoms in total. The van der Waals surface area contributed by atoms with Crippen LogP contribution in [-0.4, -0.2) is 29.0 Å². The highest BCUT2D eigenvalue weighted by Gasteiger charge is 2.18. The summed E-state index contributed by atoms with van der Waals surface area (Å²) in [5, 5.41) is 22.7. The first kappa shape index (κ1) is 16.0. The molecule has 0 aliphatic heterocycles. The fourth-order valence-electron chi connectivity index (χ4n) is 1.89. The number of amides is 1. The van der Waals surface area contributed by atoms with Gasteiger partial charge in [-0.15, -0.1) is 0 Å². The van der Waals surface area contributed by atoms with Gasteiger partial charge < -0.3 is 15.2 Å². The van der Waals surface area contributed by atoms with Crippen molar-refractivity contribution in [2.24, 2.45) is 0 Å². The van der Waals surface area contributed by atoms with Crippen molar-refractivity contribution in [3.05, 3.63) is 63.7 Å². The van der Waals surface area contributed by atoms with Gasteiger partial charge in [-0.05, 0) is 24.3 Å². The Hall–Kier alpha value is -3.42. The predicted octanol–water partition coefficient (Wildman–Crippen LogP) is 2.34. The molecular weight excluding hydrogens is 304 g/mol. The normalized spacial score (nSPS) is 9.96. The van der Waals surface area contributed by atoms with Crippen molar-refractivity contribution in [2.75, 3.05) is 12.4 Å². The van der Waals surface area contributed by atoms with Crippen LogP contribution in [-0.2, 0) is 4.74 Å². The van der Waals surface area contributed by atoms with Crippen LogP contribution in [0.15, 0.2) is 42.5 Å². The van der Waals surface area contributed by atoms with Crippen LogP contribution in [0.4, 0.5) is 11.4 Å². The minimum absolute atomic E-state index is 0.00719. The van der Waals surface area contributed by atoms with Crippen LogP contribution in [0.25, 0.3) is 0 Å². The Bertz CT molecular complexity index is 787. The molecule has 23 heavy (non-hydrogen) atoms. The fraction of sp³-hybridized carbons (Fsp3) is 0.0667. The van der Waals surface area contributed by atoms with E-state index in [1.807, 2.05) is 0 Å². The first-order valence-corrected chi connectivity index (χ1v) is 6.40. The van der Waals surface area contributed by atoms with Gasteiger partial charge in [-0.3, -0.25) is 14.9 Å². The number of nitro groups is 1. The number of carbonyl (C=O) groups is 2. The lowest BCUT2D eigenvalue weighted by Crippen LogP contribution is -2.15.